The molecule has 1 amide bonds. The predicted molar refractivity (Wildman–Crippen MR) is 177 cm³/mol. The summed E-state index contributed by atoms with van der Waals surface area (Å²) in [6, 6.07) is 8.36. The van der Waals surface area contributed by atoms with E-state index >= 15 is 0 Å². The quantitative estimate of drug-likeness (QED) is 0.142. The van der Waals surface area contributed by atoms with Gasteiger partial charge in [0.25, 0.3) is 6.47 Å². The molecule has 5 N–H and O–H groups in total. The fraction of sp³-hybridized carbons (Fsp3) is 0.375. The number of likely N-dealkylation sites (N-methyl/N-ethyl adjacent to an activating group) is 1. The van der Waals surface area contributed by atoms with Crippen molar-refractivity contribution in [1.29, 1.82) is 0 Å². The van der Waals surface area contributed by atoms with Crippen LogP contribution in [0.1, 0.15) is 32.3 Å². The van der Waals surface area contributed by atoms with Gasteiger partial charge in [-0.25, -0.2) is 9.37 Å². The standard InChI is InChI=1S/C31H37ClFN7O3.CH2O2/c1-7-28(41)36-22-14-23(25(43-6)15-24(22)40-16-26(39(4)5)31(17-40)9-10-31)37-29-34-11-8-27(38-29)35-21-13-19(32)20(33)12-18(21)30(2,3)42;2-1-3/h7-8,11-15,26,42H,1,9-10,16-17H2,2-6H3,(H,36,41)(H2,34,35,37,38);1H,(H,2,3)/t26-;/m0./s1. The molecule has 1 spiro atoms. The Kier molecular flexibility index (Phi) is 10.4. The molecule has 2 aliphatic rings. The predicted octanol–water partition coefficient (Wildman–Crippen LogP) is 5.35. The molecule has 1 aromatic heterocycles. The molecule has 46 heavy (non-hydrogen) atoms. The zero-order valence-corrected chi connectivity index (χ0v) is 27.2. The molecule has 1 atom stereocenters. The van der Waals surface area contributed by atoms with E-state index in [1.807, 2.05) is 6.07 Å². The third-order valence-corrected chi connectivity index (χ3v) is 8.40. The van der Waals surface area contributed by atoms with Crippen molar-refractivity contribution in [2.45, 2.75) is 38.3 Å². The zero-order chi connectivity index (χ0) is 33.8. The SMILES string of the molecule is C=CC(=O)Nc1cc(Nc2nccc(Nc3cc(Cl)c(F)cc3C(C)(C)O)n2)c(OC)cc1N1C[C@H](N(C)C)C2(CC2)C1.O=CO. The third-order valence-electron chi connectivity index (χ3n) is 8.11. The lowest BCUT2D eigenvalue weighted by molar-refractivity contribution is -0.122. The molecule has 2 aromatic carbocycles. The van der Waals surface area contributed by atoms with Gasteiger partial charge in [0.1, 0.15) is 17.4 Å². The number of hydrogen-bond acceptors (Lipinski definition) is 10. The molecule has 2 fully saturated rings. The molecule has 3 aromatic rings. The van der Waals surface area contributed by atoms with Gasteiger partial charge in [0.05, 0.1) is 34.8 Å². The van der Waals surface area contributed by atoms with Crippen LogP contribution in [0.4, 0.5) is 38.9 Å². The molecular weight excluding hydrogens is 617 g/mol. The Balaban J connectivity index is 0.00000154. The Labute approximate surface area is 272 Å². The number of anilines is 6. The lowest BCUT2D eigenvalue weighted by Gasteiger charge is -2.26. The van der Waals surface area contributed by atoms with Crippen LogP contribution in [0.25, 0.3) is 0 Å². The smallest absolute Gasteiger partial charge is 0.290 e. The van der Waals surface area contributed by atoms with Crippen LogP contribution in [0.2, 0.25) is 5.02 Å². The summed E-state index contributed by atoms with van der Waals surface area (Å²) in [5.74, 6) is 0.192. The monoisotopic (exact) mass is 655 g/mol. The minimum Gasteiger partial charge on any atom is -0.494 e. The summed E-state index contributed by atoms with van der Waals surface area (Å²) >= 11 is 6.04. The van der Waals surface area contributed by atoms with Gasteiger partial charge in [-0.05, 0) is 71.1 Å². The van der Waals surface area contributed by atoms with E-state index in [2.05, 4.69) is 56.4 Å². The molecule has 1 aliphatic heterocycles. The van der Waals surface area contributed by atoms with Gasteiger partial charge in [0, 0.05) is 48.1 Å². The van der Waals surface area contributed by atoms with E-state index in [0.29, 0.717) is 40.2 Å². The summed E-state index contributed by atoms with van der Waals surface area (Å²) in [5, 5.41) is 26.7. The van der Waals surface area contributed by atoms with Crippen molar-refractivity contribution in [2.24, 2.45) is 5.41 Å². The van der Waals surface area contributed by atoms with Gasteiger partial charge < -0.3 is 40.7 Å². The second kappa shape index (κ2) is 13.9. The van der Waals surface area contributed by atoms with Crippen molar-refractivity contribution in [3.05, 3.63) is 65.6 Å². The van der Waals surface area contributed by atoms with Crippen molar-refractivity contribution < 1.29 is 28.9 Å². The lowest BCUT2D eigenvalue weighted by atomic mass is 9.96. The number of benzene rings is 2. The number of amides is 1. The van der Waals surface area contributed by atoms with Crippen LogP contribution >= 0.6 is 11.6 Å². The summed E-state index contributed by atoms with van der Waals surface area (Å²) in [6.07, 6.45) is 5.15. The average molecular weight is 656 g/mol. The van der Waals surface area contributed by atoms with Gasteiger partial charge >= 0.3 is 0 Å². The number of carbonyl (C=O) groups is 2. The second-order valence-corrected chi connectivity index (χ2v) is 12.4. The molecule has 1 saturated carbocycles. The average Bonchev–Trinajstić information content (AvgIpc) is 3.66. The Morgan fingerprint density at radius 1 is 1.22 bits per heavy atom. The number of nitrogens with zero attached hydrogens (tertiary/aromatic N) is 4. The Bertz CT molecular complexity index is 1610. The van der Waals surface area contributed by atoms with E-state index in [0.717, 1.165) is 18.8 Å². The van der Waals surface area contributed by atoms with E-state index in [4.69, 9.17) is 26.2 Å². The number of nitrogens with one attached hydrogen (secondary N) is 3. The number of carboxylic acid groups (broad SMARTS) is 1. The van der Waals surface area contributed by atoms with Crippen LogP contribution in [0, 0.1) is 11.2 Å². The van der Waals surface area contributed by atoms with Gasteiger partial charge in [0.2, 0.25) is 11.9 Å². The molecule has 1 aliphatic carbocycles. The van der Waals surface area contributed by atoms with Gasteiger partial charge in [-0.2, -0.15) is 4.98 Å². The number of halogens is 2. The molecular formula is C32H39ClFN7O5. The molecule has 2 heterocycles. The number of rotatable bonds is 10. The van der Waals surface area contributed by atoms with Crippen LogP contribution < -0.4 is 25.6 Å². The van der Waals surface area contributed by atoms with E-state index < -0.39 is 11.4 Å². The normalized spacial score (nSPS) is 16.4. The second-order valence-electron chi connectivity index (χ2n) is 12.0. The van der Waals surface area contributed by atoms with E-state index in [-0.39, 0.29) is 28.8 Å². The van der Waals surface area contributed by atoms with Gasteiger partial charge in [-0.3, -0.25) is 9.59 Å². The Morgan fingerprint density at radius 3 is 2.48 bits per heavy atom. The topological polar surface area (TPSA) is 152 Å². The van der Waals surface area contributed by atoms with Crippen LogP contribution in [0.3, 0.4) is 0 Å². The summed E-state index contributed by atoms with van der Waals surface area (Å²) in [7, 11) is 5.80. The fourth-order valence-corrected chi connectivity index (χ4v) is 5.95. The van der Waals surface area contributed by atoms with Gasteiger partial charge in [-0.1, -0.05) is 18.2 Å². The van der Waals surface area contributed by atoms with Crippen molar-refractivity contribution in [2.75, 3.05) is 55.1 Å². The largest absolute Gasteiger partial charge is 0.494 e. The molecule has 5 rings (SSSR count). The van der Waals surface area contributed by atoms with Crippen molar-refractivity contribution in [3.8, 4) is 5.75 Å². The first-order valence-corrected chi connectivity index (χ1v) is 14.9. The maximum absolute atomic E-state index is 14.2. The van der Waals surface area contributed by atoms with Crippen LogP contribution in [-0.4, -0.2) is 77.8 Å². The molecule has 14 heteroatoms. The fourth-order valence-electron chi connectivity index (χ4n) is 5.78. The minimum absolute atomic E-state index is 0.0932. The number of aromatic nitrogens is 2. The van der Waals surface area contributed by atoms with Crippen molar-refractivity contribution in [3.63, 3.8) is 0 Å². The summed E-state index contributed by atoms with van der Waals surface area (Å²) in [5.41, 5.74) is 1.63. The highest BCUT2D eigenvalue weighted by Crippen LogP contribution is 2.56. The highest BCUT2D eigenvalue weighted by Gasteiger charge is 2.56. The highest BCUT2D eigenvalue weighted by molar-refractivity contribution is 6.31. The number of hydrogen-bond donors (Lipinski definition) is 5. The van der Waals surface area contributed by atoms with Crippen LogP contribution in [0.5, 0.6) is 5.75 Å². The molecule has 12 nitrogen and oxygen atoms in total. The van der Waals surface area contributed by atoms with Crippen LogP contribution in [0.15, 0.2) is 49.2 Å². The summed E-state index contributed by atoms with van der Waals surface area (Å²) < 4.78 is 20.0. The van der Waals surface area contributed by atoms with Crippen molar-refractivity contribution in [1.82, 2.24) is 14.9 Å². The maximum atomic E-state index is 14.2. The Morgan fingerprint density at radius 2 is 1.91 bits per heavy atom. The molecule has 1 saturated heterocycles. The molecule has 246 valence electrons. The van der Waals surface area contributed by atoms with Gasteiger partial charge in [0.15, 0.2) is 0 Å². The highest BCUT2D eigenvalue weighted by atomic mass is 35.5. The van der Waals surface area contributed by atoms with Crippen LogP contribution in [-0.2, 0) is 15.2 Å². The van der Waals surface area contributed by atoms with E-state index in [1.54, 1.807) is 39.3 Å². The zero-order valence-electron chi connectivity index (χ0n) is 26.4. The lowest BCUT2D eigenvalue weighted by Crippen LogP contribution is -2.36. The molecule has 0 radical (unpaired) electrons. The number of methoxy groups -OCH3 is 1. The first-order chi connectivity index (χ1) is 21.7. The third kappa shape index (κ3) is 7.66. The molecule has 0 bridgehead atoms. The van der Waals surface area contributed by atoms with E-state index in [1.165, 1.54) is 31.1 Å². The van der Waals surface area contributed by atoms with Crippen molar-refractivity contribution >= 4 is 58.5 Å². The summed E-state index contributed by atoms with van der Waals surface area (Å²) in [6.45, 7) is 8.19. The molecule has 0 unspecified atom stereocenters. The van der Waals surface area contributed by atoms with E-state index in [9.17, 15) is 14.3 Å². The Hall–Kier alpha value is -4.46. The number of aliphatic hydroxyl groups is 1. The first kappa shape index (κ1) is 34.4. The minimum atomic E-state index is -1.34. The van der Waals surface area contributed by atoms with Gasteiger partial charge in [-0.15, -0.1) is 0 Å². The first-order valence-electron chi connectivity index (χ1n) is 14.5. The number of carbonyl (C=O) groups excluding carboxylic acids is 1. The summed E-state index contributed by atoms with van der Waals surface area (Å²) in [4.78, 5) is 34.3. The maximum Gasteiger partial charge on any atom is 0.290 e. The number of ether oxygens (including phenoxy) is 1.